The van der Waals surface area contributed by atoms with E-state index in [-0.39, 0.29) is 10.9 Å². The first-order chi connectivity index (χ1) is 9.73. The average molecular weight is 327 g/mol. The molecule has 0 aromatic carbocycles. The van der Waals surface area contributed by atoms with Crippen molar-refractivity contribution < 1.29 is 18.8 Å². The highest BCUT2D eigenvalue weighted by atomic mass is 28.2. The summed E-state index contributed by atoms with van der Waals surface area (Å²) in [5.41, 5.74) is -1.27. The number of hydrogen-bond donors (Lipinski definition) is 0. The fourth-order valence-electron chi connectivity index (χ4n) is 2.02. The Morgan fingerprint density at radius 2 is 1.68 bits per heavy atom. The summed E-state index contributed by atoms with van der Waals surface area (Å²) < 4.78 is 11.5. The van der Waals surface area contributed by atoms with Crippen LogP contribution in [-0.2, 0) is 14.0 Å². The van der Waals surface area contributed by atoms with Crippen molar-refractivity contribution in [3.05, 3.63) is 12.2 Å². The molecule has 1 unspecified atom stereocenters. The van der Waals surface area contributed by atoms with Crippen LogP contribution in [0.25, 0.3) is 0 Å². The predicted molar refractivity (Wildman–Crippen MR) is 89.4 cm³/mol. The lowest BCUT2D eigenvalue weighted by atomic mass is 9.99. The third kappa shape index (κ3) is 5.25. The maximum Gasteiger partial charge on any atom is 0.417 e. The van der Waals surface area contributed by atoms with Crippen LogP contribution in [0.1, 0.15) is 55.4 Å². The Morgan fingerprint density at radius 3 is 2.14 bits per heavy atom. The van der Waals surface area contributed by atoms with Crippen LogP contribution in [0.2, 0.25) is 5.04 Å². The quantitative estimate of drug-likeness (QED) is 0.748. The minimum atomic E-state index is -0.810. The average Bonchev–Trinajstić information content (AvgIpc) is 2.66. The zero-order valence-electron chi connectivity index (χ0n) is 15.0. The van der Waals surface area contributed by atoms with Crippen molar-refractivity contribution in [1.82, 2.24) is 4.90 Å². The van der Waals surface area contributed by atoms with Gasteiger partial charge in [0.1, 0.15) is 5.60 Å². The molecule has 0 saturated carbocycles. The van der Waals surface area contributed by atoms with Gasteiger partial charge in [0.2, 0.25) is 0 Å². The Morgan fingerprint density at radius 1 is 1.14 bits per heavy atom. The minimum absolute atomic E-state index is 0.139. The maximum atomic E-state index is 12.3. The second-order valence-corrected chi connectivity index (χ2v) is 11.1. The molecule has 0 fully saturated rings. The fourth-order valence-corrected chi connectivity index (χ4v) is 3.00. The molecule has 0 saturated heterocycles. The van der Waals surface area contributed by atoms with Crippen LogP contribution in [0, 0.1) is 0 Å². The standard InChI is InChI=1S/C16H29NO4Si/c1-14(2,3)20-13(19)17-11(9-10-12(17)18)16(7,8)21-22-15(4,5)6/h9-11H,22H2,1-8H3. The normalized spacial score (nSPS) is 20.3. The zero-order valence-corrected chi connectivity index (χ0v) is 16.4. The molecule has 2 amide bonds. The van der Waals surface area contributed by atoms with E-state index in [0.29, 0.717) is 0 Å². The highest BCUT2D eigenvalue weighted by molar-refractivity contribution is 6.31. The number of imide groups is 1. The van der Waals surface area contributed by atoms with E-state index in [4.69, 9.17) is 9.16 Å². The summed E-state index contributed by atoms with van der Waals surface area (Å²) in [5, 5.41) is 0.139. The van der Waals surface area contributed by atoms with E-state index in [9.17, 15) is 9.59 Å². The largest absolute Gasteiger partial charge is 0.443 e. The number of nitrogens with zero attached hydrogens (tertiary/aromatic N) is 1. The molecule has 6 heteroatoms. The fraction of sp³-hybridized carbons (Fsp3) is 0.750. The molecule has 1 aliphatic rings. The van der Waals surface area contributed by atoms with E-state index in [2.05, 4.69) is 20.8 Å². The van der Waals surface area contributed by atoms with Crippen LogP contribution < -0.4 is 0 Å². The second-order valence-electron chi connectivity index (χ2n) is 8.45. The Balaban J connectivity index is 2.89. The Hall–Kier alpha value is -1.14. The monoisotopic (exact) mass is 327 g/mol. The molecular weight excluding hydrogens is 298 g/mol. The van der Waals surface area contributed by atoms with Crippen LogP contribution in [0.3, 0.4) is 0 Å². The van der Waals surface area contributed by atoms with Crippen molar-refractivity contribution >= 4 is 21.8 Å². The van der Waals surface area contributed by atoms with Crippen LogP contribution in [0.5, 0.6) is 0 Å². The summed E-state index contributed by atoms with van der Waals surface area (Å²) in [6.45, 7) is 15.6. The first kappa shape index (κ1) is 18.9. The third-order valence-corrected chi connectivity index (χ3v) is 4.87. The molecule has 0 aliphatic carbocycles. The van der Waals surface area contributed by atoms with Gasteiger partial charge in [-0.1, -0.05) is 26.8 Å². The molecule has 1 aliphatic heterocycles. The lowest BCUT2D eigenvalue weighted by molar-refractivity contribution is -0.128. The zero-order chi connectivity index (χ0) is 17.3. The Kier molecular flexibility index (Phi) is 5.29. The molecule has 126 valence electrons. The topological polar surface area (TPSA) is 55.8 Å². The molecular formula is C16H29NO4Si. The third-order valence-electron chi connectivity index (χ3n) is 3.12. The Bertz CT molecular complexity index is 472. The van der Waals surface area contributed by atoms with Gasteiger partial charge in [0, 0.05) is 6.08 Å². The molecule has 1 heterocycles. The highest BCUT2D eigenvalue weighted by Gasteiger charge is 2.43. The first-order valence-corrected chi connectivity index (χ1v) is 8.90. The minimum Gasteiger partial charge on any atom is -0.443 e. The van der Waals surface area contributed by atoms with Gasteiger partial charge in [-0.15, -0.1) is 0 Å². The number of rotatable bonds is 3. The van der Waals surface area contributed by atoms with Gasteiger partial charge >= 0.3 is 6.09 Å². The molecule has 0 spiro atoms. The van der Waals surface area contributed by atoms with Crippen LogP contribution in [0.15, 0.2) is 12.2 Å². The number of amides is 2. The molecule has 0 aromatic rings. The van der Waals surface area contributed by atoms with Crippen LogP contribution >= 0.6 is 0 Å². The Labute approximate surface area is 136 Å². The van der Waals surface area contributed by atoms with Gasteiger partial charge in [-0.05, 0) is 39.7 Å². The van der Waals surface area contributed by atoms with Crippen LogP contribution in [0.4, 0.5) is 4.79 Å². The molecule has 0 radical (unpaired) electrons. The molecule has 5 nitrogen and oxygen atoms in total. The van der Waals surface area contributed by atoms with E-state index >= 15 is 0 Å². The van der Waals surface area contributed by atoms with Crippen molar-refractivity contribution in [2.24, 2.45) is 0 Å². The first-order valence-electron chi connectivity index (χ1n) is 7.61. The van der Waals surface area contributed by atoms with Gasteiger partial charge in [0.25, 0.3) is 5.91 Å². The number of hydrogen-bond acceptors (Lipinski definition) is 4. The second kappa shape index (κ2) is 6.16. The molecule has 1 rings (SSSR count). The van der Waals surface area contributed by atoms with E-state index in [0.717, 1.165) is 4.90 Å². The number of carbonyl (C=O) groups is 2. The summed E-state index contributed by atoms with van der Waals surface area (Å²) in [5.74, 6) is -0.353. The highest BCUT2D eigenvalue weighted by Crippen LogP contribution is 2.30. The molecule has 0 N–H and O–H groups in total. The van der Waals surface area contributed by atoms with Gasteiger partial charge in [-0.2, -0.15) is 0 Å². The lowest BCUT2D eigenvalue weighted by Crippen LogP contribution is -2.53. The van der Waals surface area contributed by atoms with Gasteiger partial charge < -0.3 is 9.16 Å². The van der Waals surface area contributed by atoms with Crippen LogP contribution in [-0.4, -0.2) is 43.9 Å². The summed E-state index contributed by atoms with van der Waals surface area (Å²) in [6, 6.07) is -0.440. The lowest BCUT2D eigenvalue weighted by Gasteiger charge is -2.38. The van der Waals surface area contributed by atoms with Crippen molar-refractivity contribution in [2.45, 2.75) is 77.7 Å². The van der Waals surface area contributed by atoms with E-state index < -0.39 is 33.1 Å². The predicted octanol–water partition coefficient (Wildman–Crippen LogP) is 2.79. The number of ether oxygens (including phenoxy) is 1. The van der Waals surface area contributed by atoms with Gasteiger partial charge in [0.05, 0.1) is 11.6 Å². The van der Waals surface area contributed by atoms with E-state index in [1.54, 1.807) is 26.8 Å². The van der Waals surface area contributed by atoms with E-state index in [1.807, 2.05) is 13.8 Å². The summed E-state index contributed by atoms with van der Waals surface area (Å²) in [7, 11) is -0.810. The van der Waals surface area contributed by atoms with Gasteiger partial charge in [-0.3, -0.25) is 4.79 Å². The summed E-state index contributed by atoms with van der Waals surface area (Å²) in [6.07, 6.45) is 2.52. The maximum absolute atomic E-state index is 12.3. The summed E-state index contributed by atoms with van der Waals surface area (Å²) >= 11 is 0. The van der Waals surface area contributed by atoms with Gasteiger partial charge in [0.15, 0.2) is 9.76 Å². The van der Waals surface area contributed by atoms with Crippen molar-refractivity contribution in [3.63, 3.8) is 0 Å². The smallest absolute Gasteiger partial charge is 0.417 e. The van der Waals surface area contributed by atoms with Gasteiger partial charge in [-0.25, -0.2) is 9.69 Å². The van der Waals surface area contributed by atoms with Crippen molar-refractivity contribution in [1.29, 1.82) is 0 Å². The molecule has 1 atom stereocenters. The van der Waals surface area contributed by atoms with E-state index in [1.165, 1.54) is 6.08 Å². The summed E-state index contributed by atoms with van der Waals surface area (Å²) in [4.78, 5) is 25.5. The van der Waals surface area contributed by atoms with Crippen molar-refractivity contribution in [2.75, 3.05) is 0 Å². The molecule has 22 heavy (non-hydrogen) atoms. The molecule has 0 aromatic heterocycles. The number of carbonyl (C=O) groups excluding carboxylic acids is 2. The van der Waals surface area contributed by atoms with Crippen molar-refractivity contribution in [3.8, 4) is 0 Å². The SMILES string of the molecule is CC(C)(C)OC(=O)N1C(=O)C=CC1C(C)(C)O[SiH2]C(C)(C)C. The molecule has 0 bridgehead atoms.